The van der Waals surface area contributed by atoms with E-state index in [2.05, 4.69) is 0 Å². The first-order chi connectivity index (χ1) is 7.53. The van der Waals surface area contributed by atoms with Gasteiger partial charge in [-0.05, 0) is 31.9 Å². The first kappa shape index (κ1) is 11.3. The minimum atomic E-state index is -0.845. The minimum Gasteiger partial charge on any atom is -0.496 e. The van der Waals surface area contributed by atoms with E-state index in [9.17, 15) is 8.78 Å². The van der Waals surface area contributed by atoms with Gasteiger partial charge in [0.15, 0.2) is 11.6 Å². The van der Waals surface area contributed by atoms with Crippen LogP contribution in [0.5, 0.6) is 5.75 Å². The van der Waals surface area contributed by atoms with Crippen molar-refractivity contribution in [2.24, 2.45) is 5.73 Å². The maximum Gasteiger partial charge on any atom is 0.166 e. The lowest BCUT2D eigenvalue weighted by Crippen LogP contribution is -2.33. The lowest BCUT2D eigenvalue weighted by atomic mass is 9.88. The Bertz CT molecular complexity index is 414. The highest BCUT2D eigenvalue weighted by Gasteiger charge is 2.51. The van der Waals surface area contributed by atoms with Crippen LogP contribution in [0.1, 0.15) is 25.3 Å². The topological polar surface area (TPSA) is 35.2 Å². The van der Waals surface area contributed by atoms with Crippen molar-refractivity contribution < 1.29 is 13.5 Å². The van der Waals surface area contributed by atoms with Crippen LogP contribution in [0.3, 0.4) is 0 Å². The SMILES string of the molecule is COc1ccc(F)c(F)c1C1(C(C)N)CC1. The summed E-state index contributed by atoms with van der Waals surface area (Å²) in [5.41, 5.74) is 5.71. The number of benzene rings is 1. The number of ether oxygens (including phenoxy) is 1. The molecular weight excluding hydrogens is 212 g/mol. The molecule has 1 aromatic rings. The molecule has 1 aliphatic carbocycles. The summed E-state index contributed by atoms with van der Waals surface area (Å²) in [6, 6.07) is 2.32. The summed E-state index contributed by atoms with van der Waals surface area (Å²) in [5.74, 6) is -1.29. The molecule has 0 spiro atoms. The second-order valence-electron chi connectivity index (χ2n) is 4.38. The number of methoxy groups -OCH3 is 1. The molecule has 1 aliphatic rings. The zero-order valence-electron chi connectivity index (χ0n) is 9.39. The maximum absolute atomic E-state index is 13.8. The molecule has 16 heavy (non-hydrogen) atoms. The van der Waals surface area contributed by atoms with Gasteiger partial charge in [-0.1, -0.05) is 0 Å². The van der Waals surface area contributed by atoms with Crippen molar-refractivity contribution in [3.05, 3.63) is 29.3 Å². The van der Waals surface area contributed by atoms with E-state index in [1.54, 1.807) is 0 Å². The zero-order chi connectivity index (χ0) is 11.9. The summed E-state index contributed by atoms with van der Waals surface area (Å²) in [7, 11) is 1.45. The molecule has 0 saturated heterocycles. The molecule has 4 heteroatoms. The second-order valence-corrected chi connectivity index (χ2v) is 4.38. The van der Waals surface area contributed by atoms with Crippen LogP contribution in [0.15, 0.2) is 12.1 Å². The summed E-state index contributed by atoms with van der Waals surface area (Å²) >= 11 is 0. The molecule has 2 N–H and O–H groups in total. The number of halogens is 2. The first-order valence-electron chi connectivity index (χ1n) is 5.31. The molecule has 1 unspecified atom stereocenters. The van der Waals surface area contributed by atoms with Gasteiger partial charge in [0.1, 0.15) is 5.75 Å². The lowest BCUT2D eigenvalue weighted by Gasteiger charge is -2.23. The molecule has 0 amide bonds. The molecule has 2 nitrogen and oxygen atoms in total. The third-order valence-corrected chi connectivity index (χ3v) is 3.43. The van der Waals surface area contributed by atoms with Crippen LogP contribution >= 0.6 is 0 Å². The van der Waals surface area contributed by atoms with Crippen molar-refractivity contribution in [1.82, 2.24) is 0 Å². The predicted molar refractivity (Wildman–Crippen MR) is 57.5 cm³/mol. The van der Waals surface area contributed by atoms with Crippen LogP contribution in [0.4, 0.5) is 8.78 Å². The van der Waals surface area contributed by atoms with Crippen LogP contribution in [-0.4, -0.2) is 13.2 Å². The molecule has 1 aromatic carbocycles. The van der Waals surface area contributed by atoms with Crippen LogP contribution in [0.25, 0.3) is 0 Å². The fourth-order valence-electron chi connectivity index (χ4n) is 2.23. The van der Waals surface area contributed by atoms with Gasteiger partial charge in [-0.2, -0.15) is 0 Å². The third kappa shape index (κ3) is 1.48. The molecule has 0 radical (unpaired) electrons. The van der Waals surface area contributed by atoms with E-state index < -0.39 is 17.0 Å². The molecule has 88 valence electrons. The Balaban J connectivity index is 2.58. The highest BCUT2D eigenvalue weighted by atomic mass is 19.2. The van der Waals surface area contributed by atoms with Gasteiger partial charge in [0.05, 0.1) is 7.11 Å². The second kappa shape index (κ2) is 3.70. The lowest BCUT2D eigenvalue weighted by molar-refractivity contribution is 0.381. The zero-order valence-corrected chi connectivity index (χ0v) is 9.39. The van der Waals surface area contributed by atoms with E-state index in [1.165, 1.54) is 13.2 Å². The Morgan fingerprint density at radius 1 is 1.38 bits per heavy atom. The summed E-state index contributed by atoms with van der Waals surface area (Å²) in [6.45, 7) is 1.82. The Morgan fingerprint density at radius 2 is 2.00 bits per heavy atom. The Kier molecular flexibility index (Phi) is 2.62. The summed E-state index contributed by atoms with van der Waals surface area (Å²) < 4.78 is 32.2. The van der Waals surface area contributed by atoms with Crippen LogP contribution < -0.4 is 10.5 Å². The van der Waals surface area contributed by atoms with Gasteiger partial charge in [-0.15, -0.1) is 0 Å². The Labute approximate surface area is 93.4 Å². The van der Waals surface area contributed by atoms with Gasteiger partial charge >= 0.3 is 0 Å². The molecule has 0 aromatic heterocycles. The van der Waals surface area contributed by atoms with Crippen molar-refractivity contribution >= 4 is 0 Å². The van der Waals surface area contributed by atoms with E-state index in [1.807, 2.05) is 6.92 Å². The van der Waals surface area contributed by atoms with Gasteiger partial charge < -0.3 is 10.5 Å². The normalized spacial score (nSPS) is 19.3. The monoisotopic (exact) mass is 227 g/mol. The van der Waals surface area contributed by atoms with Gasteiger partial charge in [0.25, 0.3) is 0 Å². The van der Waals surface area contributed by atoms with E-state index in [0.717, 1.165) is 18.9 Å². The summed E-state index contributed by atoms with van der Waals surface area (Å²) in [6.07, 6.45) is 1.56. The third-order valence-electron chi connectivity index (χ3n) is 3.43. The standard InChI is InChI=1S/C12H15F2NO/c1-7(15)12(5-6-12)10-9(16-2)4-3-8(13)11(10)14/h3-4,7H,5-6,15H2,1-2H3. The van der Waals surface area contributed by atoms with Crippen molar-refractivity contribution in [2.75, 3.05) is 7.11 Å². The van der Waals surface area contributed by atoms with Crippen molar-refractivity contribution in [3.8, 4) is 5.75 Å². The van der Waals surface area contributed by atoms with Crippen LogP contribution in [-0.2, 0) is 5.41 Å². The minimum absolute atomic E-state index is 0.210. The number of rotatable bonds is 3. The highest BCUT2D eigenvalue weighted by Crippen LogP contribution is 2.54. The number of hydrogen-bond acceptors (Lipinski definition) is 2. The van der Waals surface area contributed by atoms with Crippen molar-refractivity contribution in [1.29, 1.82) is 0 Å². The molecule has 0 aliphatic heterocycles. The van der Waals surface area contributed by atoms with E-state index >= 15 is 0 Å². The average molecular weight is 227 g/mol. The Hall–Kier alpha value is -1.16. The highest BCUT2D eigenvalue weighted by molar-refractivity contribution is 5.46. The molecule has 1 fully saturated rings. The van der Waals surface area contributed by atoms with E-state index in [-0.39, 0.29) is 6.04 Å². The van der Waals surface area contributed by atoms with Crippen molar-refractivity contribution in [3.63, 3.8) is 0 Å². The molecule has 2 rings (SSSR count). The predicted octanol–water partition coefficient (Wildman–Crippen LogP) is 2.35. The maximum atomic E-state index is 13.8. The van der Waals surface area contributed by atoms with Crippen LogP contribution in [0.2, 0.25) is 0 Å². The smallest absolute Gasteiger partial charge is 0.166 e. The first-order valence-corrected chi connectivity index (χ1v) is 5.31. The molecular formula is C12H15F2NO. The number of nitrogens with two attached hydrogens (primary N) is 1. The van der Waals surface area contributed by atoms with Gasteiger partial charge in [-0.25, -0.2) is 8.78 Å². The summed E-state index contributed by atoms with van der Waals surface area (Å²) in [4.78, 5) is 0. The van der Waals surface area contributed by atoms with Gasteiger partial charge in [0, 0.05) is 17.0 Å². The largest absolute Gasteiger partial charge is 0.496 e. The molecule has 0 bridgehead atoms. The fourth-order valence-corrected chi connectivity index (χ4v) is 2.23. The number of hydrogen-bond donors (Lipinski definition) is 1. The van der Waals surface area contributed by atoms with Crippen molar-refractivity contribution in [2.45, 2.75) is 31.2 Å². The van der Waals surface area contributed by atoms with E-state index in [0.29, 0.717) is 11.3 Å². The average Bonchev–Trinajstić information content (AvgIpc) is 3.03. The quantitative estimate of drug-likeness (QED) is 0.860. The van der Waals surface area contributed by atoms with Gasteiger partial charge in [-0.3, -0.25) is 0 Å². The fraction of sp³-hybridized carbons (Fsp3) is 0.500. The van der Waals surface area contributed by atoms with Gasteiger partial charge in [0.2, 0.25) is 0 Å². The summed E-state index contributed by atoms with van der Waals surface area (Å²) in [5, 5.41) is 0. The Morgan fingerprint density at radius 3 is 2.44 bits per heavy atom. The molecule has 1 saturated carbocycles. The molecule has 0 heterocycles. The van der Waals surface area contributed by atoms with Crippen LogP contribution in [0, 0.1) is 11.6 Å². The van der Waals surface area contributed by atoms with E-state index in [4.69, 9.17) is 10.5 Å². The molecule has 1 atom stereocenters.